The van der Waals surface area contributed by atoms with Crippen LogP contribution in [0.4, 0.5) is 0 Å². The third-order valence-electron chi connectivity index (χ3n) is 8.89. The Labute approximate surface area is 250 Å². The highest BCUT2D eigenvalue weighted by Crippen LogP contribution is 2.39. The van der Waals surface area contributed by atoms with E-state index in [-0.39, 0.29) is 0 Å². The molecule has 0 spiro atoms. The Morgan fingerprint density at radius 3 is 1.70 bits per heavy atom. The molecule has 204 valence electrons. The predicted molar refractivity (Wildman–Crippen MR) is 180 cm³/mol. The van der Waals surface area contributed by atoms with Crippen LogP contribution in [0.1, 0.15) is 0 Å². The number of benzene rings is 7. The molecule has 0 fully saturated rings. The Morgan fingerprint density at radius 2 is 0.932 bits per heavy atom. The SMILES string of the molecule is c1cc(-c2ccc3oc4cc5c(cc4c3c2)oc2ccccc25)cc(-c2cnc3c4ccccc4c4ccccc4c3n2)c1. The van der Waals surface area contributed by atoms with E-state index >= 15 is 0 Å². The Hall–Kier alpha value is -6.00. The van der Waals surface area contributed by atoms with Crippen molar-refractivity contribution < 1.29 is 8.83 Å². The first-order valence-electron chi connectivity index (χ1n) is 14.7. The van der Waals surface area contributed by atoms with Gasteiger partial charge in [-0.25, -0.2) is 4.98 Å². The molecule has 7 aromatic carbocycles. The molecule has 44 heavy (non-hydrogen) atoms. The molecule has 0 unspecified atom stereocenters. The molecule has 0 aliphatic rings. The molecule has 0 saturated heterocycles. The van der Waals surface area contributed by atoms with Crippen LogP contribution in [0.2, 0.25) is 0 Å². The molecule has 0 saturated carbocycles. The average Bonchev–Trinajstić information content (AvgIpc) is 3.64. The molecule has 3 heterocycles. The van der Waals surface area contributed by atoms with Crippen molar-refractivity contribution in [1.29, 1.82) is 0 Å². The van der Waals surface area contributed by atoms with E-state index in [0.29, 0.717) is 0 Å². The van der Waals surface area contributed by atoms with Crippen LogP contribution in [0.5, 0.6) is 0 Å². The molecule has 0 amide bonds. The maximum Gasteiger partial charge on any atom is 0.136 e. The van der Waals surface area contributed by atoms with Crippen LogP contribution in [0.15, 0.2) is 142 Å². The standard InChI is InChI=1S/C40H22N2O2/c1-3-13-29-26(10-1)27-11-2-4-14-30(27)40-39(29)41-22-34(42-40)25-9-7-8-23(18-25)24-16-17-36-31(19-24)33-21-37-32(20-38(33)44-36)28-12-5-6-15-35(28)43-37/h1-22H. The van der Waals surface area contributed by atoms with Gasteiger partial charge in [-0.15, -0.1) is 0 Å². The number of para-hydroxylation sites is 1. The fourth-order valence-corrected chi connectivity index (χ4v) is 6.79. The second kappa shape index (κ2) is 8.76. The molecular formula is C40H22N2O2. The van der Waals surface area contributed by atoms with Crippen LogP contribution in [0, 0.1) is 0 Å². The smallest absolute Gasteiger partial charge is 0.136 e. The van der Waals surface area contributed by atoms with E-state index in [2.05, 4.69) is 109 Å². The van der Waals surface area contributed by atoms with Crippen LogP contribution >= 0.6 is 0 Å². The molecule has 0 aliphatic heterocycles. The Balaban J connectivity index is 1.12. The van der Waals surface area contributed by atoms with Gasteiger partial charge in [-0.05, 0) is 58.3 Å². The third-order valence-corrected chi connectivity index (χ3v) is 8.89. The summed E-state index contributed by atoms with van der Waals surface area (Å²) in [7, 11) is 0. The molecule has 0 N–H and O–H groups in total. The van der Waals surface area contributed by atoms with Crippen molar-refractivity contribution in [2.75, 3.05) is 0 Å². The fraction of sp³-hybridized carbons (Fsp3) is 0. The lowest BCUT2D eigenvalue weighted by molar-refractivity contribution is 0.664. The van der Waals surface area contributed by atoms with Gasteiger partial charge in [-0.2, -0.15) is 0 Å². The summed E-state index contributed by atoms with van der Waals surface area (Å²) in [5, 5.41) is 8.90. The first-order valence-corrected chi connectivity index (χ1v) is 14.7. The van der Waals surface area contributed by atoms with Gasteiger partial charge in [0.2, 0.25) is 0 Å². The van der Waals surface area contributed by atoms with Crippen molar-refractivity contribution in [3.05, 3.63) is 134 Å². The Bertz CT molecular complexity index is 2750. The fourth-order valence-electron chi connectivity index (χ4n) is 6.79. The highest BCUT2D eigenvalue weighted by atomic mass is 16.3. The number of hydrogen-bond acceptors (Lipinski definition) is 4. The van der Waals surface area contributed by atoms with Crippen molar-refractivity contribution in [3.8, 4) is 22.4 Å². The Kier molecular flexibility index (Phi) is 4.69. The van der Waals surface area contributed by atoms with E-state index < -0.39 is 0 Å². The van der Waals surface area contributed by atoms with Crippen LogP contribution < -0.4 is 0 Å². The van der Waals surface area contributed by atoms with E-state index in [1.807, 2.05) is 24.4 Å². The maximum atomic E-state index is 6.31. The van der Waals surface area contributed by atoms with Gasteiger partial charge in [0.1, 0.15) is 22.3 Å². The Morgan fingerprint density at radius 1 is 0.364 bits per heavy atom. The lowest BCUT2D eigenvalue weighted by atomic mass is 9.98. The largest absolute Gasteiger partial charge is 0.456 e. The van der Waals surface area contributed by atoms with Crippen LogP contribution in [0.3, 0.4) is 0 Å². The lowest BCUT2D eigenvalue weighted by Crippen LogP contribution is -1.92. The van der Waals surface area contributed by atoms with E-state index in [1.54, 1.807) is 0 Å². The minimum Gasteiger partial charge on any atom is -0.456 e. The summed E-state index contributed by atoms with van der Waals surface area (Å²) in [6, 6.07) is 44.2. The molecule has 4 heteroatoms. The first kappa shape index (κ1) is 23.6. The highest BCUT2D eigenvalue weighted by Gasteiger charge is 2.15. The quantitative estimate of drug-likeness (QED) is 0.197. The number of hydrogen-bond donors (Lipinski definition) is 0. The van der Waals surface area contributed by atoms with Gasteiger partial charge in [0, 0.05) is 37.9 Å². The summed E-state index contributed by atoms with van der Waals surface area (Å²) in [5.41, 5.74) is 9.40. The molecule has 0 aliphatic carbocycles. The molecule has 0 atom stereocenters. The van der Waals surface area contributed by atoms with E-state index in [9.17, 15) is 0 Å². The summed E-state index contributed by atoms with van der Waals surface area (Å²) in [6.07, 6.45) is 1.90. The molecule has 0 bridgehead atoms. The zero-order chi connectivity index (χ0) is 28.8. The minimum atomic E-state index is 0.849. The highest BCUT2D eigenvalue weighted by molar-refractivity contribution is 6.23. The number of fused-ring (bicyclic) bond motifs is 12. The molecule has 10 rings (SSSR count). The number of aromatic nitrogens is 2. The molecule has 10 aromatic rings. The number of nitrogens with zero attached hydrogens (tertiary/aromatic N) is 2. The summed E-state index contributed by atoms with van der Waals surface area (Å²) in [4.78, 5) is 10.2. The minimum absolute atomic E-state index is 0.849. The topological polar surface area (TPSA) is 52.1 Å². The number of rotatable bonds is 2. The van der Waals surface area contributed by atoms with Gasteiger partial charge in [-0.3, -0.25) is 4.98 Å². The van der Waals surface area contributed by atoms with Crippen LogP contribution in [-0.4, -0.2) is 9.97 Å². The predicted octanol–water partition coefficient (Wildman–Crippen LogP) is 11.1. The van der Waals surface area contributed by atoms with E-state index in [1.165, 1.54) is 10.8 Å². The molecule has 4 nitrogen and oxygen atoms in total. The zero-order valence-electron chi connectivity index (χ0n) is 23.4. The second-order valence-corrected chi connectivity index (χ2v) is 11.4. The summed E-state index contributed by atoms with van der Waals surface area (Å²) >= 11 is 0. The molecule has 0 radical (unpaired) electrons. The van der Waals surface area contributed by atoms with Gasteiger partial charge in [0.05, 0.1) is 22.9 Å². The van der Waals surface area contributed by atoms with E-state index in [4.69, 9.17) is 18.8 Å². The van der Waals surface area contributed by atoms with Crippen molar-refractivity contribution in [2.24, 2.45) is 0 Å². The third kappa shape index (κ3) is 3.33. The van der Waals surface area contributed by atoms with Crippen molar-refractivity contribution in [1.82, 2.24) is 9.97 Å². The van der Waals surface area contributed by atoms with Gasteiger partial charge in [0.15, 0.2) is 0 Å². The first-order chi connectivity index (χ1) is 21.8. The monoisotopic (exact) mass is 562 g/mol. The lowest BCUT2D eigenvalue weighted by Gasteiger charge is -2.11. The second-order valence-electron chi connectivity index (χ2n) is 11.4. The summed E-state index contributed by atoms with van der Waals surface area (Å²) in [6.45, 7) is 0. The van der Waals surface area contributed by atoms with E-state index in [0.717, 1.165) is 88.1 Å². The average molecular weight is 563 g/mol. The van der Waals surface area contributed by atoms with Crippen LogP contribution in [0.25, 0.3) is 98.8 Å². The zero-order valence-corrected chi connectivity index (χ0v) is 23.4. The van der Waals surface area contributed by atoms with Crippen molar-refractivity contribution in [3.63, 3.8) is 0 Å². The van der Waals surface area contributed by atoms with Gasteiger partial charge in [-0.1, -0.05) is 91.0 Å². The maximum absolute atomic E-state index is 6.31. The number of furan rings is 2. The summed E-state index contributed by atoms with van der Waals surface area (Å²) < 4.78 is 12.5. The van der Waals surface area contributed by atoms with Gasteiger partial charge >= 0.3 is 0 Å². The van der Waals surface area contributed by atoms with Crippen molar-refractivity contribution in [2.45, 2.75) is 0 Å². The normalized spacial score (nSPS) is 12.1. The summed E-state index contributed by atoms with van der Waals surface area (Å²) in [5.74, 6) is 0. The molecule has 3 aromatic heterocycles. The van der Waals surface area contributed by atoms with Crippen LogP contribution in [-0.2, 0) is 0 Å². The van der Waals surface area contributed by atoms with Gasteiger partial charge < -0.3 is 8.83 Å². The molecular weight excluding hydrogens is 540 g/mol. The van der Waals surface area contributed by atoms with Crippen molar-refractivity contribution >= 4 is 76.5 Å². The van der Waals surface area contributed by atoms with Gasteiger partial charge in [0.25, 0.3) is 0 Å².